The van der Waals surface area contributed by atoms with Gasteiger partial charge in [0.15, 0.2) is 12.2 Å². The van der Waals surface area contributed by atoms with E-state index in [0.717, 1.165) is 114 Å². The molecule has 0 heterocycles. The minimum Gasteiger partial charge on any atom is -0.462 e. The lowest BCUT2D eigenvalue weighted by Gasteiger charge is -2.21. The molecule has 0 saturated heterocycles. The summed E-state index contributed by atoms with van der Waals surface area (Å²) in [5.41, 5.74) is 0. The van der Waals surface area contributed by atoms with Crippen molar-refractivity contribution >= 4 is 39.5 Å². The molecule has 0 aliphatic heterocycles. The molecule has 0 fully saturated rings. The van der Waals surface area contributed by atoms with Crippen LogP contribution < -0.4 is 0 Å². The summed E-state index contributed by atoms with van der Waals surface area (Å²) in [6.07, 6.45) is 44.9. The predicted molar refractivity (Wildman–Crippen MR) is 367 cm³/mol. The van der Waals surface area contributed by atoms with Crippen molar-refractivity contribution in [2.75, 3.05) is 39.6 Å². The van der Waals surface area contributed by atoms with Gasteiger partial charge in [0.05, 0.1) is 26.4 Å². The first-order valence-corrected chi connectivity index (χ1v) is 40.2. The Balaban J connectivity index is 5.11. The maximum atomic E-state index is 13.0. The summed E-state index contributed by atoms with van der Waals surface area (Å²) >= 11 is 0. The van der Waals surface area contributed by atoms with Crippen LogP contribution in [0.5, 0.6) is 0 Å². The monoisotopic (exact) mass is 1340 g/mol. The zero-order valence-corrected chi connectivity index (χ0v) is 61.3. The molecule has 540 valence electrons. The Morgan fingerprint density at radius 1 is 0.308 bits per heavy atom. The van der Waals surface area contributed by atoms with Gasteiger partial charge in [0, 0.05) is 25.7 Å². The van der Waals surface area contributed by atoms with E-state index in [4.69, 9.17) is 37.0 Å². The average molecular weight is 1340 g/mol. The van der Waals surface area contributed by atoms with Crippen LogP contribution in [0.1, 0.15) is 357 Å². The van der Waals surface area contributed by atoms with Crippen LogP contribution in [-0.4, -0.2) is 96.7 Å². The van der Waals surface area contributed by atoms with Gasteiger partial charge in [-0.1, -0.05) is 306 Å². The smallest absolute Gasteiger partial charge is 0.462 e. The van der Waals surface area contributed by atoms with E-state index in [1.807, 2.05) is 0 Å². The quantitative estimate of drug-likeness (QED) is 0.0222. The number of carbonyl (C=O) groups is 4. The van der Waals surface area contributed by atoms with E-state index in [-0.39, 0.29) is 25.7 Å². The maximum Gasteiger partial charge on any atom is 0.472 e. The lowest BCUT2D eigenvalue weighted by atomic mass is 10.00. The first-order chi connectivity index (χ1) is 43.6. The van der Waals surface area contributed by atoms with Gasteiger partial charge >= 0.3 is 39.5 Å². The Morgan fingerprint density at radius 3 is 0.780 bits per heavy atom. The van der Waals surface area contributed by atoms with Crippen molar-refractivity contribution in [2.45, 2.75) is 375 Å². The summed E-state index contributed by atoms with van der Waals surface area (Å²) in [5.74, 6) is 0.807. The van der Waals surface area contributed by atoms with Crippen LogP contribution in [0.4, 0.5) is 0 Å². The number of aliphatic hydroxyl groups is 1. The molecule has 0 spiro atoms. The third-order valence-electron chi connectivity index (χ3n) is 16.9. The summed E-state index contributed by atoms with van der Waals surface area (Å²) in [7, 11) is -9.90. The predicted octanol–water partition coefficient (Wildman–Crippen LogP) is 20.5. The third kappa shape index (κ3) is 65.1. The van der Waals surface area contributed by atoms with Crippen LogP contribution in [0, 0.1) is 23.7 Å². The molecule has 0 amide bonds. The number of hydrogen-bond donors (Lipinski definition) is 3. The van der Waals surface area contributed by atoms with Gasteiger partial charge in [-0.25, -0.2) is 9.13 Å². The van der Waals surface area contributed by atoms with E-state index < -0.39 is 97.5 Å². The summed E-state index contributed by atoms with van der Waals surface area (Å²) in [6.45, 7) is 14.0. The molecule has 0 aliphatic carbocycles. The Morgan fingerprint density at radius 2 is 0.527 bits per heavy atom. The average Bonchev–Trinajstić information content (AvgIpc) is 3.51. The Bertz CT molecular complexity index is 1800. The third-order valence-corrected chi connectivity index (χ3v) is 18.8. The van der Waals surface area contributed by atoms with Crippen molar-refractivity contribution in [2.24, 2.45) is 23.7 Å². The zero-order chi connectivity index (χ0) is 67.5. The van der Waals surface area contributed by atoms with E-state index >= 15 is 0 Å². The number of ether oxygens (including phenoxy) is 4. The van der Waals surface area contributed by atoms with Crippen molar-refractivity contribution < 1.29 is 80.2 Å². The van der Waals surface area contributed by atoms with Crippen LogP contribution in [0.2, 0.25) is 0 Å². The van der Waals surface area contributed by atoms with Gasteiger partial charge in [-0.05, 0) is 49.4 Å². The highest BCUT2D eigenvalue weighted by molar-refractivity contribution is 7.47. The number of aliphatic hydroxyl groups excluding tert-OH is 1. The zero-order valence-electron chi connectivity index (χ0n) is 59.5. The fourth-order valence-electron chi connectivity index (χ4n) is 10.8. The van der Waals surface area contributed by atoms with Crippen LogP contribution in [-0.2, 0) is 65.4 Å². The second-order valence-electron chi connectivity index (χ2n) is 27.6. The van der Waals surface area contributed by atoms with Crippen LogP contribution in [0.3, 0.4) is 0 Å². The SMILES string of the molecule is CCC(C)CCCCCCCCC(=O)OC[C@H](COP(=O)(O)OC[C@H](O)COP(=O)(O)OC[C@@H](COC(=O)CCCCCCCCCCCCCCCCCCCCC(C)C)OC(=O)CCCCCCCCC(C)C)OC(=O)CCCCCCCCCCC(C)C. The van der Waals surface area contributed by atoms with Crippen LogP contribution in [0.25, 0.3) is 0 Å². The molecule has 0 bridgehead atoms. The maximum absolute atomic E-state index is 13.0. The molecule has 0 rings (SSSR count). The number of esters is 4. The highest BCUT2D eigenvalue weighted by Crippen LogP contribution is 2.45. The number of carbonyl (C=O) groups excluding carboxylic acids is 4. The Kier molecular flexibility index (Phi) is 60.3. The van der Waals surface area contributed by atoms with Crippen LogP contribution >= 0.6 is 15.6 Å². The number of phosphoric ester groups is 2. The van der Waals surface area contributed by atoms with Crippen molar-refractivity contribution in [3.05, 3.63) is 0 Å². The first-order valence-electron chi connectivity index (χ1n) is 37.2. The molecule has 6 atom stereocenters. The van der Waals surface area contributed by atoms with Crippen molar-refractivity contribution in [3.8, 4) is 0 Å². The molecule has 3 unspecified atom stereocenters. The Labute approximate surface area is 556 Å². The summed E-state index contributed by atoms with van der Waals surface area (Å²) in [6, 6.07) is 0. The van der Waals surface area contributed by atoms with Gasteiger partial charge in [0.25, 0.3) is 0 Å². The summed E-state index contributed by atoms with van der Waals surface area (Å²) in [5, 5.41) is 10.6. The second-order valence-corrected chi connectivity index (χ2v) is 30.6. The standard InChI is InChI=1S/C72H140O17P2/c1-9-65(8)51-43-35-29-31-37-45-53-70(75)83-59-67(88-71(76)54-46-38-27-23-22-25-33-41-49-63(4)5)60-86-90(78,79)84-56-66(73)57-85-91(80,81)87-61-68(89-72(77)55-47-39-30-28-34-42-50-64(6)7)58-82-69(74)52-44-36-26-21-19-17-15-13-11-10-12-14-16-18-20-24-32-40-48-62(2)3/h62-68,73H,9-61H2,1-8H3,(H,78,79)(H,80,81)/t65?,66-,67+,68+/m0/s1. The molecule has 17 nitrogen and oxygen atoms in total. The molecule has 0 aromatic carbocycles. The lowest BCUT2D eigenvalue weighted by molar-refractivity contribution is -0.161. The minimum absolute atomic E-state index is 0.102. The molecular formula is C72H140O17P2. The molecule has 19 heteroatoms. The number of rotatable bonds is 69. The summed E-state index contributed by atoms with van der Waals surface area (Å²) in [4.78, 5) is 72.5. The topological polar surface area (TPSA) is 237 Å². The second kappa shape index (κ2) is 61.6. The fourth-order valence-corrected chi connectivity index (χ4v) is 12.4. The molecule has 0 aliphatic rings. The van der Waals surface area contributed by atoms with E-state index in [2.05, 4.69) is 55.4 Å². The number of unbranched alkanes of at least 4 members (excludes halogenated alkanes) is 34. The number of phosphoric acid groups is 2. The Hall–Kier alpha value is -1.94. The van der Waals surface area contributed by atoms with Gasteiger partial charge in [-0.15, -0.1) is 0 Å². The molecular weight excluding hydrogens is 1200 g/mol. The van der Waals surface area contributed by atoms with Gasteiger partial charge in [0.1, 0.15) is 19.3 Å². The molecule has 91 heavy (non-hydrogen) atoms. The molecule has 0 radical (unpaired) electrons. The van der Waals surface area contributed by atoms with Gasteiger partial charge in [0.2, 0.25) is 0 Å². The van der Waals surface area contributed by atoms with Gasteiger partial charge < -0.3 is 33.8 Å². The van der Waals surface area contributed by atoms with E-state index in [0.29, 0.717) is 31.6 Å². The molecule has 0 saturated carbocycles. The van der Waals surface area contributed by atoms with Crippen LogP contribution in [0.15, 0.2) is 0 Å². The highest BCUT2D eigenvalue weighted by atomic mass is 31.2. The van der Waals surface area contributed by atoms with Gasteiger partial charge in [-0.2, -0.15) is 0 Å². The van der Waals surface area contributed by atoms with Crippen molar-refractivity contribution in [1.29, 1.82) is 0 Å². The van der Waals surface area contributed by atoms with Crippen molar-refractivity contribution in [3.63, 3.8) is 0 Å². The fraction of sp³-hybridized carbons (Fsp3) is 0.944. The largest absolute Gasteiger partial charge is 0.472 e. The van der Waals surface area contributed by atoms with E-state index in [9.17, 15) is 43.2 Å². The minimum atomic E-state index is -4.95. The van der Waals surface area contributed by atoms with E-state index in [1.54, 1.807) is 0 Å². The lowest BCUT2D eigenvalue weighted by Crippen LogP contribution is -2.30. The first kappa shape index (κ1) is 89.1. The highest BCUT2D eigenvalue weighted by Gasteiger charge is 2.30. The molecule has 3 N–H and O–H groups in total. The van der Waals surface area contributed by atoms with E-state index in [1.165, 1.54) is 154 Å². The van der Waals surface area contributed by atoms with Crippen molar-refractivity contribution in [1.82, 2.24) is 0 Å². The van der Waals surface area contributed by atoms with Gasteiger partial charge in [-0.3, -0.25) is 37.3 Å². The number of hydrogen-bond acceptors (Lipinski definition) is 15. The normalized spacial score (nSPS) is 14.5. The molecule has 0 aromatic rings. The summed E-state index contributed by atoms with van der Waals surface area (Å²) < 4.78 is 68.2. The molecule has 0 aromatic heterocycles.